The summed E-state index contributed by atoms with van der Waals surface area (Å²) in [5.41, 5.74) is 7.00. The molecule has 0 aliphatic carbocycles. The first-order valence-corrected chi connectivity index (χ1v) is 5.83. The molecule has 1 nitrogen and oxygen atoms in total. The molecule has 0 saturated carbocycles. The fourth-order valence-corrected chi connectivity index (χ4v) is 1.98. The Morgan fingerprint density at radius 2 is 1.65 bits per heavy atom. The van der Waals surface area contributed by atoms with E-state index in [0.717, 1.165) is 4.47 Å². The van der Waals surface area contributed by atoms with Crippen LogP contribution in [0.1, 0.15) is 17.2 Å². The summed E-state index contributed by atoms with van der Waals surface area (Å²) in [4.78, 5) is 0. The van der Waals surface area contributed by atoms with Crippen molar-refractivity contribution in [3.8, 4) is 0 Å². The molecule has 0 saturated heterocycles. The van der Waals surface area contributed by atoms with Crippen LogP contribution >= 0.6 is 15.9 Å². The number of rotatable bonds is 2. The summed E-state index contributed by atoms with van der Waals surface area (Å²) in [5, 5.41) is 0. The first-order valence-electron chi connectivity index (χ1n) is 5.04. The fourth-order valence-electron chi connectivity index (χ4n) is 1.60. The Kier molecular flexibility index (Phi) is 3.54. The lowest BCUT2D eigenvalue weighted by Crippen LogP contribution is -2.13. The van der Waals surface area contributed by atoms with Gasteiger partial charge in [-0.05, 0) is 35.9 Å². The summed E-state index contributed by atoms with van der Waals surface area (Å²) >= 11 is 3.27. The zero-order chi connectivity index (χ0) is 12.4. The lowest BCUT2D eigenvalue weighted by atomic mass is 9.99. The highest BCUT2D eigenvalue weighted by atomic mass is 79.9. The van der Waals surface area contributed by atoms with Crippen LogP contribution in [0.2, 0.25) is 0 Å². The third kappa shape index (κ3) is 2.70. The summed E-state index contributed by atoms with van der Waals surface area (Å²) in [5.74, 6) is -0.708. The molecular weight excluding hydrogens is 288 g/mol. The van der Waals surface area contributed by atoms with E-state index in [9.17, 15) is 8.78 Å². The Morgan fingerprint density at radius 1 is 1.00 bits per heavy atom. The molecule has 0 aliphatic rings. The predicted molar refractivity (Wildman–Crippen MR) is 66.5 cm³/mol. The number of hydrogen-bond donors (Lipinski definition) is 1. The highest BCUT2D eigenvalue weighted by Gasteiger charge is 2.13. The standard InChI is InChI=1S/C13H10BrF2N/c14-9-3-6-12(16)11(7-9)13(17)8-1-4-10(15)5-2-8/h1-7,13H,17H2. The van der Waals surface area contributed by atoms with E-state index in [1.807, 2.05) is 0 Å². The van der Waals surface area contributed by atoms with Crippen LogP contribution in [0, 0.1) is 11.6 Å². The zero-order valence-corrected chi connectivity index (χ0v) is 10.4. The van der Waals surface area contributed by atoms with Gasteiger partial charge in [0.2, 0.25) is 0 Å². The molecule has 88 valence electrons. The van der Waals surface area contributed by atoms with Crippen LogP contribution in [0.5, 0.6) is 0 Å². The monoisotopic (exact) mass is 297 g/mol. The Bertz CT molecular complexity index is 525. The van der Waals surface area contributed by atoms with Crippen molar-refractivity contribution in [2.24, 2.45) is 5.73 Å². The lowest BCUT2D eigenvalue weighted by molar-refractivity contribution is 0.598. The van der Waals surface area contributed by atoms with Gasteiger partial charge in [0.05, 0.1) is 6.04 Å². The second kappa shape index (κ2) is 4.94. The van der Waals surface area contributed by atoms with Crippen LogP contribution in [0.25, 0.3) is 0 Å². The summed E-state index contributed by atoms with van der Waals surface area (Å²) in [6.45, 7) is 0. The number of benzene rings is 2. The molecule has 1 unspecified atom stereocenters. The van der Waals surface area contributed by atoms with Crippen molar-refractivity contribution < 1.29 is 8.78 Å². The van der Waals surface area contributed by atoms with Crippen molar-refractivity contribution in [1.82, 2.24) is 0 Å². The normalized spacial score (nSPS) is 12.5. The molecule has 0 heterocycles. The minimum Gasteiger partial charge on any atom is -0.320 e. The van der Waals surface area contributed by atoms with Crippen LogP contribution < -0.4 is 5.73 Å². The molecule has 0 amide bonds. The molecule has 4 heteroatoms. The van der Waals surface area contributed by atoms with Gasteiger partial charge in [0, 0.05) is 10.0 Å². The Morgan fingerprint density at radius 3 is 2.29 bits per heavy atom. The second-order valence-corrected chi connectivity index (χ2v) is 4.61. The Labute approximate surface area is 106 Å². The van der Waals surface area contributed by atoms with Gasteiger partial charge in [0.25, 0.3) is 0 Å². The van der Waals surface area contributed by atoms with Gasteiger partial charge in [-0.1, -0.05) is 28.1 Å². The van der Waals surface area contributed by atoms with E-state index in [0.29, 0.717) is 11.1 Å². The molecule has 2 aromatic carbocycles. The molecule has 0 fully saturated rings. The fraction of sp³-hybridized carbons (Fsp3) is 0.0769. The molecule has 2 N–H and O–H groups in total. The minimum atomic E-state index is -0.604. The van der Waals surface area contributed by atoms with E-state index >= 15 is 0 Å². The maximum atomic E-state index is 13.6. The van der Waals surface area contributed by atoms with Gasteiger partial charge in [-0.25, -0.2) is 8.78 Å². The Balaban J connectivity index is 2.39. The van der Waals surface area contributed by atoms with Gasteiger partial charge in [0.15, 0.2) is 0 Å². The number of halogens is 3. The second-order valence-electron chi connectivity index (χ2n) is 3.70. The third-order valence-corrected chi connectivity index (χ3v) is 3.02. The molecule has 0 bridgehead atoms. The number of nitrogens with two attached hydrogens (primary N) is 1. The lowest BCUT2D eigenvalue weighted by Gasteiger charge is -2.13. The van der Waals surface area contributed by atoms with Crippen molar-refractivity contribution >= 4 is 15.9 Å². The van der Waals surface area contributed by atoms with Crippen molar-refractivity contribution in [3.05, 3.63) is 69.7 Å². The largest absolute Gasteiger partial charge is 0.320 e. The van der Waals surface area contributed by atoms with Gasteiger partial charge in [-0.3, -0.25) is 0 Å². The number of hydrogen-bond acceptors (Lipinski definition) is 1. The Hall–Kier alpha value is -1.26. The smallest absolute Gasteiger partial charge is 0.128 e. The van der Waals surface area contributed by atoms with E-state index in [1.165, 1.54) is 18.2 Å². The van der Waals surface area contributed by atoms with Crippen molar-refractivity contribution in [2.45, 2.75) is 6.04 Å². The average Bonchev–Trinajstić information content (AvgIpc) is 2.32. The molecule has 2 rings (SSSR count). The molecule has 0 radical (unpaired) electrons. The summed E-state index contributed by atoms with van der Waals surface area (Å²) < 4.78 is 27.1. The van der Waals surface area contributed by atoms with Gasteiger partial charge >= 0.3 is 0 Å². The predicted octanol–water partition coefficient (Wildman–Crippen LogP) is 3.78. The molecule has 17 heavy (non-hydrogen) atoms. The van der Waals surface area contributed by atoms with E-state index in [4.69, 9.17) is 5.73 Å². The molecular formula is C13H10BrF2N. The summed E-state index contributed by atoms with van der Waals surface area (Å²) in [6, 6.07) is 9.72. The van der Waals surface area contributed by atoms with E-state index in [2.05, 4.69) is 15.9 Å². The molecule has 0 spiro atoms. The van der Waals surface area contributed by atoms with E-state index in [-0.39, 0.29) is 11.6 Å². The van der Waals surface area contributed by atoms with Crippen molar-refractivity contribution in [2.75, 3.05) is 0 Å². The highest BCUT2D eigenvalue weighted by molar-refractivity contribution is 9.10. The first kappa shape index (κ1) is 12.2. The van der Waals surface area contributed by atoms with Crippen LogP contribution in [-0.2, 0) is 0 Å². The quantitative estimate of drug-likeness (QED) is 0.897. The van der Waals surface area contributed by atoms with Crippen LogP contribution in [0.15, 0.2) is 46.9 Å². The maximum absolute atomic E-state index is 13.6. The van der Waals surface area contributed by atoms with E-state index < -0.39 is 6.04 Å². The third-order valence-electron chi connectivity index (χ3n) is 2.52. The SMILES string of the molecule is NC(c1ccc(F)cc1)c1cc(Br)ccc1F. The van der Waals surface area contributed by atoms with Crippen LogP contribution in [0.4, 0.5) is 8.78 Å². The topological polar surface area (TPSA) is 26.0 Å². The molecule has 0 aromatic heterocycles. The summed E-state index contributed by atoms with van der Waals surface area (Å²) in [6.07, 6.45) is 0. The van der Waals surface area contributed by atoms with Crippen LogP contribution in [0.3, 0.4) is 0 Å². The van der Waals surface area contributed by atoms with Gasteiger partial charge in [-0.15, -0.1) is 0 Å². The molecule has 2 aromatic rings. The van der Waals surface area contributed by atoms with Gasteiger partial charge < -0.3 is 5.73 Å². The van der Waals surface area contributed by atoms with Crippen LogP contribution in [-0.4, -0.2) is 0 Å². The van der Waals surface area contributed by atoms with Crippen molar-refractivity contribution in [1.29, 1.82) is 0 Å². The molecule has 0 aliphatic heterocycles. The average molecular weight is 298 g/mol. The zero-order valence-electron chi connectivity index (χ0n) is 8.83. The maximum Gasteiger partial charge on any atom is 0.128 e. The van der Waals surface area contributed by atoms with Crippen molar-refractivity contribution in [3.63, 3.8) is 0 Å². The molecule has 1 atom stereocenters. The van der Waals surface area contributed by atoms with Gasteiger partial charge in [-0.2, -0.15) is 0 Å². The van der Waals surface area contributed by atoms with E-state index in [1.54, 1.807) is 24.3 Å². The van der Waals surface area contributed by atoms with Gasteiger partial charge in [0.1, 0.15) is 11.6 Å². The minimum absolute atomic E-state index is 0.337. The highest BCUT2D eigenvalue weighted by Crippen LogP contribution is 2.25. The first-order chi connectivity index (χ1) is 8.08. The summed E-state index contributed by atoms with van der Waals surface area (Å²) in [7, 11) is 0.